The second kappa shape index (κ2) is 1.88. The number of hydrogen-bond donors (Lipinski definition) is 1. The Labute approximate surface area is 54.8 Å². The summed E-state index contributed by atoms with van der Waals surface area (Å²) in [5.41, 5.74) is 4.67. The maximum absolute atomic E-state index is 3.24. The van der Waals surface area contributed by atoms with Crippen LogP contribution in [0.5, 0.6) is 0 Å². The van der Waals surface area contributed by atoms with Crippen molar-refractivity contribution in [2.24, 2.45) is 0 Å². The lowest BCUT2D eigenvalue weighted by atomic mass is 10.2. The molecule has 0 amide bonds. The Hall–Kier alpha value is -0.760. The van der Waals surface area contributed by atoms with Crippen LogP contribution in [0.3, 0.4) is 0 Å². The fraction of sp³-hybridized carbons (Fsp3) is 0.429. The predicted octanol–water partition coefficient (Wildman–Crippen LogP) is 0.998. The molecule has 0 unspecified atom stereocenters. The van der Waals surface area contributed by atoms with Crippen molar-refractivity contribution in [3.8, 4) is 0 Å². The first-order valence-electron chi connectivity index (χ1n) is 3.35. The first-order chi connectivity index (χ1) is 4.47. The molecule has 0 atom stereocenters. The van der Waals surface area contributed by atoms with Gasteiger partial charge in [-0.15, -0.1) is 0 Å². The molecular weight excluding hydrogens is 112 g/mol. The summed E-state index contributed by atoms with van der Waals surface area (Å²) < 4.78 is 0. The maximum Gasteiger partial charge on any atom is 0.0321 e. The van der Waals surface area contributed by atoms with E-state index in [0.717, 1.165) is 13.0 Å². The van der Waals surface area contributed by atoms with Gasteiger partial charge in [0.15, 0.2) is 0 Å². The summed E-state index contributed by atoms with van der Waals surface area (Å²) >= 11 is 0. The molecule has 2 heteroatoms. The third-order valence-corrected chi connectivity index (χ3v) is 1.72. The highest BCUT2D eigenvalue weighted by Crippen LogP contribution is 2.17. The van der Waals surface area contributed by atoms with Crippen LogP contribution in [0.25, 0.3) is 0 Å². The van der Waals surface area contributed by atoms with Crippen LogP contribution < -0.4 is 5.43 Å². The largest absolute Gasteiger partial charge is 0.289 e. The van der Waals surface area contributed by atoms with E-state index in [-0.39, 0.29) is 0 Å². The normalized spacial score (nSPS) is 24.0. The summed E-state index contributed by atoms with van der Waals surface area (Å²) in [6.07, 6.45) is 8.81. The monoisotopic (exact) mass is 122 g/mol. The van der Waals surface area contributed by atoms with Gasteiger partial charge in [-0.25, -0.2) is 5.43 Å². The molecule has 0 aromatic carbocycles. The van der Waals surface area contributed by atoms with Gasteiger partial charge in [0.2, 0.25) is 0 Å². The second-order valence-electron chi connectivity index (χ2n) is 2.34. The van der Waals surface area contributed by atoms with Crippen LogP contribution >= 0.6 is 0 Å². The van der Waals surface area contributed by atoms with Crippen molar-refractivity contribution in [1.82, 2.24) is 10.4 Å². The molecule has 1 N–H and O–H groups in total. The summed E-state index contributed by atoms with van der Waals surface area (Å²) in [4.78, 5) is 0. The Morgan fingerprint density at radius 3 is 3.44 bits per heavy atom. The van der Waals surface area contributed by atoms with Gasteiger partial charge < -0.3 is 0 Å². The van der Waals surface area contributed by atoms with Crippen molar-refractivity contribution >= 4 is 0 Å². The number of rotatable bonds is 0. The molecule has 9 heavy (non-hydrogen) atoms. The summed E-state index contributed by atoms with van der Waals surface area (Å²) in [5, 5.41) is 2.10. The van der Waals surface area contributed by atoms with Crippen LogP contribution in [0.4, 0.5) is 0 Å². The van der Waals surface area contributed by atoms with E-state index in [2.05, 4.69) is 28.8 Å². The van der Waals surface area contributed by atoms with E-state index in [9.17, 15) is 0 Å². The van der Waals surface area contributed by atoms with Crippen molar-refractivity contribution < 1.29 is 0 Å². The minimum absolute atomic E-state index is 1.09. The predicted molar refractivity (Wildman–Crippen MR) is 36.3 cm³/mol. The van der Waals surface area contributed by atoms with Crippen LogP contribution in [-0.4, -0.2) is 11.6 Å². The number of hydrogen-bond acceptors (Lipinski definition) is 2. The van der Waals surface area contributed by atoms with Crippen molar-refractivity contribution in [3.05, 3.63) is 24.0 Å². The summed E-state index contributed by atoms with van der Waals surface area (Å²) in [6, 6.07) is 0. The van der Waals surface area contributed by atoms with Gasteiger partial charge in [0.05, 0.1) is 0 Å². The van der Waals surface area contributed by atoms with Crippen LogP contribution in [0.2, 0.25) is 0 Å². The van der Waals surface area contributed by atoms with Crippen molar-refractivity contribution in [2.75, 3.05) is 6.54 Å². The van der Waals surface area contributed by atoms with Gasteiger partial charge in [-0.1, -0.05) is 12.2 Å². The fourth-order valence-corrected chi connectivity index (χ4v) is 1.25. The van der Waals surface area contributed by atoms with Crippen molar-refractivity contribution in [2.45, 2.75) is 12.8 Å². The molecule has 2 rings (SSSR count). The third-order valence-electron chi connectivity index (χ3n) is 1.72. The standard InChI is InChI=1S/C7H10N2/c1-2-6-9-7(3-1)4-5-8-9/h2-3,6,8H,1,4-5H2. The zero-order valence-corrected chi connectivity index (χ0v) is 5.30. The van der Waals surface area contributed by atoms with E-state index in [1.807, 2.05) is 0 Å². The van der Waals surface area contributed by atoms with Crippen molar-refractivity contribution in [1.29, 1.82) is 0 Å². The van der Waals surface area contributed by atoms with E-state index < -0.39 is 0 Å². The minimum atomic E-state index is 1.09. The maximum atomic E-state index is 3.24. The molecule has 48 valence electrons. The molecule has 1 saturated heterocycles. The Balaban J connectivity index is 2.22. The zero-order valence-electron chi connectivity index (χ0n) is 5.30. The molecular formula is C7H10N2. The first-order valence-corrected chi connectivity index (χ1v) is 3.35. The van der Waals surface area contributed by atoms with Crippen LogP contribution in [0.15, 0.2) is 24.0 Å². The molecule has 2 nitrogen and oxygen atoms in total. The smallest absolute Gasteiger partial charge is 0.0321 e. The topological polar surface area (TPSA) is 15.3 Å². The molecule has 0 saturated carbocycles. The first kappa shape index (κ1) is 5.06. The van der Waals surface area contributed by atoms with E-state index in [1.54, 1.807) is 0 Å². The third kappa shape index (κ3) is 0.754. The lowest BCUT2D eigenvalue weighted by Gasteiger charge is -2.16. The van der Waals surface area contributed by atoms with E-state index in [1.165, 1.54) is 12.1 Å². The molecule has 2 heterocycles. The quantitative estimate of drug-likeness (QED) is 0.515. The van der Waals surface area contributed by atoms with Gasteiger partial charge in [0.25, 0.3) is 0 Å². The highest BCUT2D eigenvalue weighted by atomic mass is 15.5. The molecule has 0 aromatic heterocycles. The average molecular weight is 122 g/mol. The molecule has 0 bridgehead atoms. The van der Waals surface area contributed by atoms with Crippen LogP contribution in [0.1, 0.15) is 12.8 Å². The molecule has 2 aliphatic rings. The van der Waals surface area contributed by atoms with Gasteiger partial charge in [-0.3, -0.25) is 5.01 Å². The molecule has 0 aromatic rings. The van der Waals surface area contributed by atoms with Gasteiger partial charge in [0.1, 0.15) is 0 Å². The second-order valence-corrected chi connectivity index (χ2v) is 2.34. The zero-order chi connectivity index (χ0) is 6.10. The number of allylic oxidation sites excluding steroid dienone is 2. The fourth-order valence-electron chi connectivity index (χ4n) is 1.25. The molecule has 1 fully saturated rings. The number of hydrazine groups is 1. The molecule has 0 radical (unpaired) electrons. The average Bonchev–Trinajstić information content (AvgIpc) is 2.33. The van der Waals surface area contributed by atoms with E-state index in [0.29, 0.717) is 0 Å². The Kier molecular flexibility index (Phi) is 1.06. The number of nitrogens with one attached hydrogen (secondary N) is 1. The molecule has 2 aliphatic heterocycles. The minimum Gasteiger partial charge on any atom is -0.289 e. The Bertz CT molecular complexity index is 170. The van der Waals surface area contributed by atoms with Gasteiger partial charge >= 0.3 is 0 Å². The van der Waals surface area contributed by atoms with Crippen molar-refractivity contribution in [3.63, 3.8) is 0 Å². The highest BCUT2D eigenvalue weighted by Gasteiger charge is 2.14. The van der Waals surface area contributed by atoms with Crippen LogP contribution in [-0.2, 0) is 0 Å². The number of fused-ring (bicyclic) bond motifs is 1. The summed E-state index contributed by atoms with van der Waals surface area (Å²) in [5.74, 6) is 0. The summed E-state index contributed by atoms with van der Waals surface area (Å²) in [6.45, 7) is 1.09. The van der Waals surface area contributed by atoms with E-state index in [4.69, 9.17) is 0 Å². The highest BCUT2D eigenvalue weighted by molar-refractivity contribution is 5.14. The van der Waals surface area contributed by atoms with Gasteiger partial charge in [-0.05, 0) is 6.42 Å². The molecule has 0 spiro atoms. The summed E-state index contributed by atoms with van der Waals surface area (Å²) in [7, 11) is 0. The Morgan fingerprint density at radius 1 is 1.56 bits per heavy atom. The van der Waals surface area contributed by atoms with E-state index >= 15 is 0 Å². The van der Waals surface area contributed by atoms with Crippen LogP contribution in [0, 0.1) is 0 Å². The SMILES string of the molecule is C1=CN2NCCC2=CC1. The van der Waals surface area contributed by atoms with Gasteiger partial charge in [0, 0.05) is 24.9 Å². The Morgan fingerprint density at radius 2 is 2.56 bits per heavy atom. The lowest BCUT2D eigenvalue weighted by molar-refractivity contribution is 0.402. The number of nitrogens with zero attached hydrogens (tertiary/aromatic N) is 1. The van der Waals surface area contributed by atoms with Gasteiger partial charge in [-0.2, -0.15) is 0 Å². The lowest BCUT2D eigenvalue weighted by Crippen LogP contribution is -2.24. The molecule has 0 aliphatic carbocycles.